The zero-order chi connectivity index (χ0) is 22.5. The first-order chi connectivity index (χ1) is 13.4. The molecule has 0 amide bonds. The fourth-order valence-corrected chi connectivity index (χ4v) is 4.36. The summed E-state index contributed by atoms with van der Waals surface area (Å²) in [6.07, 6.45) is 3.78. The van der Waals surface area contributed by atoms with Crippen LogP contribution in [0.25, 0.3) is 0 Å². The van der Waals surface area contributed by atoms with Crippen LogP contribution in [0.15, 0.2) is 12.2 Å². The van der Waals surface area contributed by atoms with E-state index in [1.807, 2.05) is 21.1 Å². The van der Waals surface area contributed by atoms with Gasteiger partial charge in [-0.1, -0.05) is 33.3 Å². The lowest BCUT2D eigenvalue weighted by molar-refractivity contribution is -0.870. The normalized spacial score (nSPS) is 15.2. The summed E-state index contributed by atoms with van der Waals surface area (Å²) in [6, 6.07) is 0. The average molecular weight is 454 g/mol. The van der Waals surface area contributed by atoms with Crippen LogP contribution in [0.1, 0.15) is 46.5 Å². The number of rotatable bonds is 17. The SMILES string of the molecule is C=C(C)C(=O)OCC(CSCCCC(CC)CC)OP(=O)([O-])OCC[N+](C)(C)C. The summed E-state index contributed by atoms with van der Waals surface area (Å²) in [5.74, 6) is 1.47. The van der Waals surface area contributed by atoms with Crippen molar-refractivity contribution >= 4 is 25.6 Å². The van der Waals surface area contributed by atoms with Gasteiger partial charge in [0, 0.05) is 11.3 Å². The van der Waals surface area contributed by atoms with Crippen LogP contribution in [0.2, 0.25) is 0 Å². The zero-order valence-electron chi connectivity index (χ0n) is 19.0. The third-order valence-corrected chi connectivity index (χ3v) is 6.64. The Kier molecular flexibility index (Phi) is 14.4. The highest BCUT2D eigenvalue weighted by molar-refractivity contribution is 7.99. The van der Waals surface area contributed by atoms with Crippen LogP contribution < -0.4 is 4.89 Å². The van der Waals surface area contributed by atoms with Gasteiger partial charge in [0.2, 0.25) is 0 Å². The molecule has 0 aliphatic carbocycles. The van der Waals surface area contributed by atoms with Crippen LogP contribution in [-0.2, 0) is 23.1 Å². The number of hydrogen-bond donors (Lipinski definition) is 0. The van der Waals surface area contributed by atoms with E-state index in [1.165, 1.54) is 19.8 Å². The van der Waals surface area contributed by atoms with Crippen LogP contribution in [0.4, 0.5) is 0 Å². The van der Waals surface area contributed by atoms with E-state index >= 15 is 0 Å². The second-order valence-electron chi connectivity index (χ2n) is 8.30. The van der Waals surface area contributed by atoms with E-state index in [2.05, 4.69) is 20.4 Å². The molecule has 172 valence electrons. The van der Waals surface area contributed by atoms with Crippen molar-refractivity contribution in [2.24, 2.45) is 5.92 Å². The third kappa shape index (κ3) is 16.0. The Morgan fingerprint density at radius 1 is 1.24 bits per heavy atom. The van der Waals surface area contributed by atoms with Gasteiger partial charge in [-0.15, -0.1) is 0 Å². The molecule has 0 bridgehead atoms. The summed E-state index contributed by atoms with van der Waals surface area (Å²) in [6.45, 7) is 9.86. The number of phosphoric acid groups is 1. The van der Waals surface area contributed by atoms with Crippen LogP contribution in [0.3, 0.4) is 0 Å². The van der Waals surface area contributed by atoms with E-state index in [-0.39, 0.29) is 18.8 Å². The molecule has 9 heteroatoms. The van der Waals surface area contributed by atoms with Gasteiger partial charge in [-0.05, 0) is 31.4 Å². The fraction of sp³-hybridized carbons (Fsp3) is 0.850. The van der Waals surface area contributed by atoms with E-state index in [4.69, 9.17) is 13.8 Å². The van der Waals surface area contributed by atoms with Crippen molar-refractivity contribution in [3.63, 3.8) is 0 Å². The van der Waals surface area contributed by atoms with Crippen molar-refractivity contribution in [1.29, 1.82) is 0 Å². The molecule has 0 aromatic carbocycles. The van der Waals surface area contributed by atoms with Gasteiger partial charge in [0.1, 0.15) is 25.9 Å². The van der Waals surface area contributed by atoms with Crippen molar-refractivity contribution in [2.45, 2.75) is 52.6 Å². The van der Waals surface area contributed by atoms with Gasteiger partial charge in [0.25, 0.3) is 7.82 Å². The number of carbonyl (C=O) groups excluding carboxylic acids is 1. The van der Waals surface area contributed by atoms with Gasteiger partial charge in [-0.3, -0.25) is 4.57 Å². The molecule has 0 radical (unpaired) electrons. The van der Waals surface area contributed by atoms with E-state index in [0.717, 1.165) is 24.5 Å². The van der Waals surface area contributed by atoms with Crippen molar-refractivity contribution < 1.29 is 32.5 Å². The van der Waals surface area contributed by atoms with E-state index < -0.39 is 19.9 Å². The number of esters is 1. The first kappa shape index (κ1) is 28.6. The number of thioether (sulfide) groups is 1. The number of likely N-dealkylation sites (N-methyl/N-ethyl adjacent to an activating group) is 1. The summed E-state index contributed by atoms with van der Waals surface area (Å²) in [4.78, 5) is 23.8. The summed E-state index contributed by atoms with van der Waals surface area (Å²) in [5.41, 5.74) is 0.256. The van der Waals surface area contributed by atoms with Gasteiger partial charge < -0.3 is 23.2 Å². The Hall–Kier alpha value is -0.370. The molecule has 0 aliphatic rings. The lowest BCUT2D eigenvalue weighted by Crippen LogP contribution is -2.37. The Morgan fingerprint density at radius 2 is 1.86 bits per heavy atom. The Balaban J connectivity index is 4.60. The van der Waals surface area contributed by atoms with Crippen molar-refractivity contribution in [2.75, 3.05) is 52.4 Å². The highest BCUT2D eigenvalue weighted by Gasteiger charge is 2.21. The van der Waals surface area contributed by atoms with E-state index in [0.29, 0.717) is 16.8 Å². The molecule has 2 unspecified atom stereocenters. The van der Waals surface area contributed by atoms with Crippen molar-refractivity contribution in [1.82, 2.24) is 0 Å². The minimum Gasteiger partial charge on any atom is -0.756 e. The first-order valence-corrected chi connectivity index (χ1v) is 12.9. The monoisotopic (exact) mass is 453 g/mol. The molecule has 0 saturated heterocycles. The molecule has 0 spiro atoms. The predicted octanol–water partition coefficient (Wildman–Crippen LogP) is 3.63. The van der Waals surface area contributed by atoms with Crippen LogP contribution in [0.5, 0.6) is 0 Å². The van der Waals surface area contributed by atoms with Gasteiger partial charge >= 0.3 is 5.97 Å². The standard InChI is InChI=1S/C20H40NO6PS/c1-8-18(9-2)11-10-14-29-16-19(15-25-20(22)17(3)4)27-28(23,24)26-13-12-21(5,6)7/h18-19H,3,8-16H2,1-2,4-7H3. The maximum atomic E-state index is 12.2. The summed E-state index contributed by atoms with van der Waals surface area (Å²) in [7, 11) is 1.34. The molecule has 0 aliphatic heterocycles. The molecule has 0 N–H and O–H groups in total. The Bertz CT molecular complexity index is 534. The van der Waals surface area contributed by atoms with Crippen LogP contribution >= 0.6 is 19.6 Å². The number of hydrogen-bond acceptors (Lipinski definition) is 7. The van der Waals surface area contributed by atoms with Gasteiger partial charge in [-0.2, -0.15) is 11.8 Å². The molecular formula is C20H40NO6PS. The maximum Gasteiger partial charge on any atom is 0.333 e. The highest BCUT2D eigenvalue weighted by Crippen LogP contribution is 2.40. The quantitative estimate of drug-likeness (QED) is 0.109. The highest BCUT2D eigenvalue weighted by atomic mass is 32.2. The molecule has 0 heterocycles. The molecule has 0 rings (SSSR count). The van der Waals surface area contributed by atoms with Crippen LogP contribution in [0, 0.1) is 5.92 Å². The third-order valence-electron chi connectivity index (χ3n) is 4.40. The van der Waals surface area contributed by atoms with E-state index in [9.17, 15) is 14.3 Å². The Morgan fingerprint density at radius 3 is 2.38 bits per heavy atom. The van der Waals surface area contributed by atoms with E-state index in [1.54, 1.807) is 11.8 Å². The molecule has 0 saturated carbocycles. The number of ether oxygens (including phenoxy) is 1. The second kappa shape index (κ2) is 14.6. The zero-order valence-corrected chi connectivity index (χ0v) is 20.7. The molecular weight excluding hydrogens is 413 g/mol. The second-order valence-corrected chi connectivity index (χ2v) is 10.8. The smallest absolute Gasteiger partial charge is 0.333 e. The molecule has 0 aromatic heterocycles. The largest absolute Gasteiger partial charge is 0.756 e. The number of quaternary nitrogens is 1. The lowest BCUT2D eigenvalue weighted by Gasteiger charge is -2.30. The Labute approximate surface area is 181 Å². The average Bonchev–Trinajstić information content (AvgIpc) is 2.60. The molecule has 2 atom stereocenters. The molecule has 29 heavy (non-hydrogen) atoms. The lowest BCUT2D eigenvalue weighted by atomic mass is 9.98. The minimum absolute atomic E-state index is 0.0329. The van der Waals surface area contributed by atoms with Gasteiger partial charge in [0.15, 0.2) is 0 Å². The van der Waals surface area contributed by atoms with Gasteiger partial charge in [0.05, 0.1) is 21.1 Å². The fourth-order valence-electron chi connectivity index (χ4n) is 2.43. The minimum atomic E-state index is -4.49. The van der Waals surface area contributed by atoms with Crippen LogP contribution in [-0.4, -0.2) is 69.0 Å². The van der Waals surface area contributed by atoms with Crippen molar-refractivity contribution in [3.05, 3.63) is 12.2 Å². The molecule has 7 nitrogen and oxygen atoms in total. The first-order valence-electron chi connectivity index (χ1n) is 10.2. The topological polar surface area (TPSA) is 84.9 Å². The summed E-state index contributed by atoms with van der Waals surface area (Å²) >= 11 is 1.60. The number of carbonyl (C=O) groups is 1. The number of nitrogens with zero attached hydrogens (tertiary/aromatic N) is 1. The predicted molar refractivity (Wildman–Crippen MR) is 118 cm³/mol. The maximum absolute atomic E-state index is 12.2. The van der Waals surface area contributed by atoms with Crippen molar-refractivity contribution in [3.8, 4) is 0 Å². The van der Waals surface area contributed by atoms with Gasteiger partial charge in [-0.25, -0.2) is 4.79 Å². The molecule has 0 fully saturated rings. The molecule has 0 aromatic rings. The summed E-state index contributed by atoms with van der Waals surface area (Å²) in [5, 5.41) is 0. The number of phosphoric ester groups is 1. The summed E-state index contributed by atoms with van der Waals surface area (Å²) < 4.78 is 28.0.